The van der Waals surface area contributed by atoms with E-state index in [4.69, 9.17) is 28.9 Å². The number of hydrogen-bond donors (Lipinski definition) is 2. The van der Waals surface area contributed by atoms with Crippen molar-refractivity contribution < 1.29 is 9.53 Å². The molecule has 0 bridgehead atoms. The average molecular weight is 311 g/mol. The van der Waals surface area contributed by atoms with Crippen molar-refractivity contribution in [1.82, 2.24) is 0 Å². The predicted octanol–water partition coefficient (Wildman–Crippen LogP) is 4.11. The summed E-state index contributed by atoms with van der Waals surface area (Å²) in [6.45, 7) is 0. The highest BCUT2D eigenvalue weighted by molar-refractivity contribution is 6.43. The summed E-state index contributed by atoms with van der Waals surface area (Å²) < 4.78 is 4.63. The van der Waals surface area contributed by atoms with Crippen LogP contribution in [0.3, 0.4) is 0 Å². The minimum atomic E-state index is -0.441. The van der Waals surface area contributed by atoms with Gasteiger partial charge in [0, 0.05) is 0 Å². The first kappa shape index (κ1) is 14.5. The molecule has 0 saturated heterocycles. The summed E-state index contributed by atoms with van der Waals surface area (Å²) in [5.74, 6) is -0.441. The molecular formula is C14H12Cl2N2O2. The van der Waals surface area contributed by atoms with E-state index >= 15 is 0 Å². The summed E-state index contributed by atoms with van der Waals surface area (Å²) in [6.07, 6.45) is 0. The van der Waals surface area contributed by atoms with Crippen molar-refractivity contribution in [2.24, 2.45) is 0 Å². The SMILES string of the molecule is COC(=O)c1ccc(Nc2cccc(Cl)c2Cl)c(N)c1. The van der Waals surface area contributed by atoms with Crippen LogP contribution < -0.4 is 11.1 Å². The van der Waals surface area contributed by atoms with Gasteiger partial charge in [0.05, 0.1) is 39.8 Å². The zero-order valence-corrected chi connectivity index (χ0v) is 12.1. The van der Waals surface area contributed by atoms with Gasteiger partial charge in [-0.25, -0.2) is 4.79 Å². The molecule has 0 aliphatic carbocycles. The molecule has 0 radical (unpaired) electrons. The molecule has 0 heterocycles. The number of ether oxygens (including phenoxy) is 1. The Morgan fingerprint density at radius 2 is 1.95 bits per heavy atom. The molecule has 4 nitrogen and oxygen atoms in total. The molecule has 0 spiro atoms. The van der Waals surface area contributed by atoms with E-state index in [9.17, 15) is 4.79 Å². The van der Waals surface area contributed by atoms with E-state index < -0.39 is 5.97 Å². The first-order valence-corrected chi connectivity index (χ1v) is 6.47. The smallest absolute Gasteiger partial charge is 0.337 e. The molecule has 20 heavy (non-hydrogen) atoms. The molecule has 6 heteroatoms. The van der Waals surface area contributed by atoms with E-state index in [1.54, 1.807) is 30.3 Å². The fourth-order valence-electron chi connectivity index (χ4n) is 1.67. The largest absolute Gasteiger partial charge is 0.465 e. The second kappa shape index (κ2) is 6.03. The van der Waals surface area contributed by atoms with E-state index in [0.717, 1.165) is 0 Å². The van der Waals surface area contributed by atoms with Gasteiger partial charge in [-0.3, -0.25) is 0 Å². The Hall–Kier alpha value is -1.91. The van der Waals surface area contributed by atoms with Crippen molar-refractivity contribution in [3.05, 3.63) is 52.0 Å². The Bertz CT molecular complexity index is 660. The number of rotatable bonds is 3. The van der Waals surface area contributed by atoms with Crippen molar-refractivity contribution in [1.29, 1.82) is 0 Å². The Morgan fingerprint density at radius 1 is 1.20 bits per heavy atom. The summed E-state index contributed by atoms with van der Waals surface area (Å²) >= 11 is 12.0. The zero-order valence-electron chi connectivity index (χ0n) is 10.6. The van der Waals surface area contributed by atoms with E-state index in [-0.39, 0.29) is 0 Å². The second-order valence-electron chi connectivity index (χ2n) is 4.02. The summed E-state index contributed by atoms with van der Waals surface area (Å²) in [6, 6.07) is 10.1. The number of carbonyl (C=O) groups excluding carboxylic acids is 1. The van der Waals surface area contributed by atoms with Gasteiger partial charge in [0.1, 0.15) is 0 Å². The number of esters is 1. The number of nitrogen functional groups attached to an aromatic ring is 1. The van der Waals surface area contributed by atoms with Crippen molar-refractivity contribution in [2.45, 2.75) is 0 Å². The standard InChI is InChI=1S/C14H12Cl2N2O2/c1-20-14(19)8-5-6-11(10(17)7-8)18-12-4-2-3-9(15)13(12)16/h2-7,18H,17H2,1H3. The molecule has 0 atom stereocenters. The van der Waals surface area contributed by atoms with Crippen LogP contribution in [0.1, 0.15) is 10.4 Å². The van der Waals surface area contributed by atoms with Crippen LogP contribution >= 0.6 is 23.2 Å². The van der Waals surface area contributed by atoms with Crippen LogP contribution in [0, 0.1) is 0 Å². The topological polar surface area (TPSA) is 64.3 Å². The molecule has 3 N–H and O–H groups in total. The van der Waals surface area contributed by atoms with Crippen LogP contribution in [0.2, 0.25) is 10.0 Å². The molecule has 104 valence electrons. The van der Waals surface area contributed by atoms with Crippen LogP contribution in [0.25, 0.3) is 0 Å². The number of halogens is 2. The molecule has 0 amide bonds. The van der Waals surface area contributed by atoms with Gasteiger partial charge in [0.15, 0.2) is 0 Å². The molecule has 0 aromatic heterocycles. The summed E-state index contributed by atoms with van der Waals surface area (Å²) in [7, 11) is 1.32. The second-order valence-corrected chi connectivity index (χ2v) is 4.81. The van der Waals surface area contributed by atoms with Crippen molar-refractivity contribution in [3.63, 3.8) is 0 Å². The number of carbonyl (C=O) groups is 1. The monoisotopic (exact) mass is 310 g/mol. The minimum Gasteiger partial charge on any atom is -0.465 e. The molecule has 0 aliphatic rings. The number of anilines is 3. The van der Waals surface area contributed by atoms with Crippen LogP contribution in [0.15, 0.2) is 36.4 Å². The van der Waals surface area contributed by atoms with Gasteiger partial charge in [0.25, 0.3) is 0 Å². The number of nitrogens with two attached hydrogens (primary N) is 1. The van der Waals surface area contributed by atoms with Crippen molar-refractivity contribution in [2.75, 3.05) is 18.2 Å². The van der Waals surface area contributed by atoms with Crippen molar-refractivity contribution in [3.8, 4) is 0 Å². The lowest BCUT2D eigenvalue weighted by Crippen LogP contribution is -2.04. The highest BCUT2D eigenvalue weighted by atomic mass is 35.5. The maximum atomic E-state index is 11.4. The minimum absolute atomic E-state index is 0.382. The maximum Gasteiger partial charge on any atom is 0.337 e. The van der Waals surface area contributed by atoms with Crippen LogP contribution in [-0.2, 0) is 4.74 Å². The highest BCUT2D eigenvalue weighted by Crippen LogP contribution is 2.33. The lowest BCUT2D eigenvalue weighted by molar-refractivity contribution is 0.0601. The Kier molecular flexibility index (Phi) is 4.37. The molecule has 2 aromatic rings. The first-order valence-electron chi connectivity index (χ1n) is 5.72. The van der Waals surface area contributed by atoms with Gasteiger partial charge < -0.3 is 15.8 Å². The van der Waals surface area contributed by atoms with E-state index in [1.807, 2.05) is 0 Å². The predicted molar refractivity (Wildman–Crippen MR) is 81.9 cm³/mol. The summed E-state index contributed by atoms with van der Waals surface area (Å²) in [5.41, 5.74) is 7.95. The normalized spacial score (nSPS) is 10.2. The fraction of sp³-hybridized carbons (Fsp3) is 0.0714. The maximum absolute atomic E-state index is 11.4. The Balaban J connectivity index is 2.30. The molecule has 2 rings (SSSR count). The number of benzene rings is 2. The molecule has 0 unspecified atom stereocenters. The third kappa shape index (κ3) is 2.98. The number of nitrogens with one attached hydrogen (secondary N) is 1. The van der Waals surface area contributed by atoms with Crippen molar-refractivity contribution >= 4 is 46.2 Å². The van der Waals surface area contributed by atoms with Gasteiger partial charge in [-0.05, 0) is 30.3 Å². The van der Waals surface area contributed by atoms with Gasteiger partial charge >= 0.3 is 5.97 Å². The quantitative estimate of drug-likeness (QED) is 0.661. The molecule has 0 fully saturated rings. The first-order chi connectivity index (χ1) is 9.52. The van der Waals surface area contributed by atoms with Crippen LogP contribution in [0.4, 0.5) is 17.1 Å². The molecule has 0 aliphatic heterocycles. The van der Waals surface area contributed by atoms with Crippen LogP contribution in [-0.4, -0.2) is 13.1 Å². The number of hydrogen-bond acceptors (Lipinski definition) is 4. The lowest BCUT2D eigenvalue weighted by atomic mass is 10.1. The molecule has 2 aromatic carbocycles. The molecular weight excluding hydrogens is 299 g/mol. The zero-order chi connectivity index (χ0) is 14.7. The fourth-order valence-corrected chi connectivity index (χ4v) is 2.01. The van der Waals surface area contributed by atoms with Gasteiger partial charge in [-0.2, -0.15) is 0 Å². The van der Waals surface area contributed by atoms with Gasteiger partial charge in [-0.1, -0.05) is 29.3 Å². The third-order valence-corrected chi connectivity index (χ3v) is 3.51. The van der Waals surface area contributed by atoms with E-state index in [0.29, 0.717) is 32.7 Å². The lowest BCUT2D eigenvalue weighted by Gasteiger charge is -2.12. The van der Waals surface area contributed by atoms with Gasteiger partial charge in [-0.15, -0.1) is 0 Å². The molecule has 0 saturated carbocycles. The average Bonchev–Trinajstić information content (AvgIpc) is 2.45. The summed E-state index contributed by atoms with van der Waals surface area (Å²) in [5, 5.41) is 3.93. The number of methoxy groups -OCH3 is 1. The Labute approximate surface area is 126 Å². The van der Waals surface area contributed by atoms with E-state index in [1.165, 1.54) is 13.2 Å². The van der Waals surface area contributed by atoms with Crippen LogP contribution in [0.5, 0.6) is 0 Å². The summed E-state index contributed by atoms with van der Waals surface area (Å²) in [4.78, 5) is 11.4. The van der Waals surface area contributed by atoms with E-state index in [2.05, 4.69) is 10.1 Å². The third-order valence-electron chi connectivity index (χ3n) is 2.69. The van der Waals surface area contributed by atoms with Gasteiger partial charge in [0.2, 0.25) is 0 Å². The highest BCUT2D eigenvalue weighted by Gasteiger charge is 2.10. The Morgan fingerprint density at radius 3 is 2.60 bits per heavy atom.